The minimum atomic E-state index is -3.60. The summed E-state index contributed by atoms with van der Waals surface area (Å²) in [6, 6.07) is 10.7. The van der Waals surface area contributed by atoms with Gasteiger partial charge in [-0.25, -0.2) is 17.2 Å². The monoisotopic (exact) mass is 339 g/mol. The number of nitrogens with zero attached hydrogens (tertiary/aromatic N) is 1. The summed E-state index contributed by atoms with van der Waals surface area (Å²) in [5.74, 6) is -0.790. The smallest absolute Gasteiger partial charge is 0.243 e. The Labute approximate surface area is 133 Å². The molecule has 122 valence electrons. The van der Waals surface area contributed by atoms with Crippen LogP contribution in [0.4, 0.5) is 8.78 Å². The molecule has 1 fully saturated rings. The summed E-state index contributed by atoms with van der Waals surface area (Å²) < 4.78 is 57.1. The lowest BCUT2D eigenvalue weighted by Gasteiger charge is -2.37. The van der Waals surface area contributed by atoms with Gasteiger partial charge in [0.15, 0.2) is 0 Å². The van der Waals surface area contributed by atoms with Gasteiger partial charge in [0, 0.05) is 13.1 Å². The zero-order valence-corrected chi connectivity index (χ0v) is 13.0. The predicted octanol–water partition coefficient (Wildman–Crippen LogP) is 2.55. The fraction of sp³-hybridized carbons (Fsp3) is 0.250. The van der Waals surface area contributed by atoms with Crippen LogP contribution in [-0.4, -0.2) is 31.9 Å². The quantitative estimate of drug-likeness (QED) is 0.841. The maximum atomic E-state index is 12.9. The molecule has 0 amide bonds. The molecule has 2 aromatic rings. The van der Waals surface area contributed by atoms with E-state index in [4.69, 9.17) is 4.74 Å². The summed E-state index contributed by atoms with van der Waals surface area (Å²) in [5.41, 5.74) is 0.825. The Morgan fingerprint density at radius 1 is 0.957 bits per heavy atom. The summed E-state index contributed by atoms with van der Waals surface area (Å²) in [7, 11) is -3.60. The van der Waals surface area contributed by atoms with Crippen molar-refractivity contribution in [3.8, 4) is 0 Å². The molecule has 1 aliphatic rings. The van der Waals surface area contributed by atoms with Crippen molar-refractivity contribution in [1.29, 1.82) is 0 Å². The summed E-state index contributed by atoms with van der Waals surface area (Å²) in [6.07, 6.45) is -0.199. The molecule has 0 unspecified atom stereocenters. The zero-order valence-electron chi connectivity index (χ0n) is 12.2. The maximum absolute atomic E-state index is 12.9. The van der Waals surface area contributed by atoms with Crippen LogP contribution in [0, 0.1) is 11.6 Å². The number of benzene rings is 2. The summed E-state index contributed by atoms with van der Waals surface area (Å²) >= 11 is 0. The first kappa shape index (κ1) is 16.0. The Morgan fingerprint density at radius 2 is 1.48 bits per heavy atom. The minimum absolute atomic E-state index is 0.0656. The van der Waals surface area contributed by atoms with Gasteiger partial charge < -0.3 is 4.74 Å². The fourth-order valence-electron chi connectivity index (χ4n) is 2.25. The van der Waals surface area contributed by atoms with Crippen LogP contribution >= 0.6 is 0 Å². The van der Waals surface area contributed by atoms with E-state index in [0.717, 1.165) is 17.7 Å². The number of ether oxygens (including phenoxy) is 1. The van der Waals surface area contributed by atoms with Gasteiger partial charge in [0.05, 0.1) is 17.6 Å². The van der Waals surface area contributed by atoms with Crippen molar-refractivity contribution < 1.29 is 21.9 Å². The van der Waals surface area contributed by atoms with Gasteiger partial charge in [-0.2, -0.15) is 4.31 Å². The lowest BCUT2D eigenvalue weighted by atomic mass is 10.2. The average Bonchev–Trinajstić information content (AvgIpc) is 2.48. The molecule has 0 aromatic heterocycles. The summed E-state index contributed by atoms with van der Waals surface area (Å²) in [6.45, 7) is 0.803. The Bertz CT molecular complexity index is 770. The normalized spacial score (nSPS) is 16.3. The van der Waals surface area contributed by atoms with Crippen molar-refractivity contribution in [2.75, 3.05) is 13.1 Å². The molecule has 7 heteroatoms. The number of rotatable bonds is 5. The molecule has 0 N–H and O–H groups in total. The van der Waals surface area contributed by atoms with E-state index in [1.54, 1.807) is 12.1 Å². The topological polar surface area (TPSA) is 46.6 Å². The van der Waals surface area contributed by atoms with E-state index in [1.807, 2.05) is 0 Å². The molecule has 0 aliphatic carbocycles. The van der Waals surface area contributed by atoms with Gasteiger partial charge in [-0.3, -0.25) is 0 Å². The highest BCUT2D eigenvalue weighted by atomic mass is 32.2. The Morgan fingerprint density at radius 3 is 2.04 bits per heavy atom. The lowest BCUT2D eigenvalue weighted by molar-refractivity contribution is -0.0295. The van der Waals surface area contributed by atoms with Crippen LogP contribution in [0.3, 0.4) is 0 Å². The van der Waals surface area contributed by atoms with Crippen molar-refractivity contribution >= 4 is 10.0 Å². The number of halogens is 2. The average molecular weight is 339 g/mol. The van der Waals surface area contributed by atoms with Crippen LogP contribution < -0.4 is 0 Å². The molecular weight excluding hydrogens is 324 g/mol. The molecule has 0 spiro atoms. The molecule has 0 radical (unpaired) electrons. The first-order valence-corrected chi connectivity index (χ1v) is 8.51. The van der Waals surface area contributed by atoms with Gasteiger partial charge in [0.1, 0.15) is 11.6 Å². The highest BCUT2D eigenvalue weighted by molar-refractivity contribution is 7.89. The SMILES string of the molecule is O=S(=O)(c1ccc(F)cc1)N1CC(OCc2ccc(F)cc2)C1. The van der Waals surface area contributed by atoms with Gasteiger partial charge in [-0.05, 0) is 42.0 Å². The van der Waals surface area contributed by atoms with Crippen molar-refractivity contribution in [2.24, 2.45) is 0 Å². The molecule has 1 aliphatic heterocycles. The Kier molecular flexibility index (Phi) is 4.43. The Balaban J connectivity index is 1.54. The van der Waals surface area contributed by atoms with Gasteiger partial charge in [0.2, 0.25) is 10.0 Å². The van der Waals surface area contributed by atoms with E-state index in [0.29, 0.717) is 6.61 Å². The third-order valence-corrected chi connectivity index (χ3v) is 5.51. The molecule has 3 rings (SSSR count). The highest BCUT2D eigenvalue weighted by Crippen LogP contribution is 2.23. The van der Waals surface area contributed by atoms with Crippen LogP contribution in [0.1, 0.15) is 5.56 Å². The minimum Gasteiger partial charge on any atom is -0.371 e. The van der Waals surface area contributed by atoms with Crippen molar-refractivity contribution in [1.82, 2.24) is 4.31 Å². The van der Waals surface area contributed by atoms with E-state index in [1.165, 1.54) is 28.6 Å². The number of hydrogen-bond donors (Lipinski definition) is 0. The first-order valence-electron chi connectivity index (χ1n) is 7.07. The number of hydrogen-bond acceptors (Lipinski definition) is 3. The van der Waals surface area contributed by atoms with Crippen LogP contribution in [0.5, 0.6) is 0 Å². The van der Waals surface area contributed by atoms with Gasteiger partial charge in [-0.1, -0.05) is 12.1 Å². The standard InChI is InChI=1S/C16H15F2NO3S/c17-13-3-1-12(2-4-13)11-22-15-9-19(10-15)23(20,21)16-7-5-14(18)6-8-16/h1-8,15H,9-11H2. The van der Waals surface area contributed by atoms with Crippen molar-refractivity contribution in [3.05, 3.63) is 65.7 Å². The molecule has 0 saturated carbocycles. The molecule has 23 heavy (non-hydrogen) atoms. The lowest BCUT2D eigenvalue weighted by Crippen LogP contribution is -2.54. The molecule has 1 heterocycles. The Hall–Kier alpha value is -1.83. The zero-order chi connectivity index (χ0) is 16.4. The van der Waals surface area contributed by atoms with Gasteiger partial charge in [-0.15, -0.1) is 0 Å². The third-order valence-electron chi connectivity index (χ3n) is 3.66. The first-order chi connectivity index (χ1) is 10.9. The number of sulfonamides is 1. The second kappa shape index (κ2) is 6.35. The van der Waals surface area contributed by atoms with Gasteiger partial charge >= 0.3 is 0 Å². The second-order valence-corrected chi connectivity index (χ2v) is 7.27. The molecule has 0 bridgehead atoms. The molecule has 4 nitrogen and oxygen atoms in total. The van der Waals surface area contributed by atoms with E-state index in [2.05, 4.69) is 0 Å². The maximum Gasteiger partial charge on any atom is 0.243 e. The van der Waals surface area contributed by atoms with Crippen LogP contribution in [-0.2, 0) is 21.4 Å². The van der Waals surface area contributed by atoms with Crippen molar-refractivity contribution in [2.45, 2.75) is 17.6 Å². The van der Waals surface area contributed by atoms with Crippen LogP contribution in [0.2, 0.25) is 0 Å². The molecule has 0 atom stereocenters. The van der Waals surface area contributed by atoms with Crippen LogP contribution in [0.15, 0.2) is 53.4 Å². The highest BCUT2D eigenvalue weighted by Gasteiger charge is 2.37. The fourth-order valence-corrected chi connectivity index (χ4v) is 3.76. The largest absolute Gasteiger partial charge is 0.371 e. The van der Waals surface area contributed by atoms with E-state index >= 15 is 0 Å². The van der Waals surface area contributed by atoms with Gasteiger partial charge in [0.25, 0.3) is 0 Å². The summed E-state index contributed by atoms with van der Waals surface area (Å²) in [5, 5.41) is 0. The van der Waals surface area contributed by atoms with E-state index in [9.17, 15) is 17.2 Å². The summed E-state index contributed by atoms with van der Waals surface area (Å²) in [4.78, 5) is 0.0656. The molecular formula is C16H15F2NO3S. The van der Waals surface area contributed by atoms with Crippen molar-refractivity contribution in [3.63, 3.8) is 0 Å². The van der Waals surface area contributed by atoms with E-state index in [-0.39, 0.29) is 29.9 Å². The second-order valence-electron chi connectivity index (χ2n) is 5.34. The van der Waals surface area contributed by atoms with Crippen LogP contribution in [0.25, 0.3) is 0 Å². The molecule has 1 saturated heterocycles. The third kappa shape index (κ3) is 3.57. The van der Waals surface area contributed by atoms with E-state index < -0.39 is 15.8 Å². The molecule has 2 aromatic carbocycles. The predicted molar refractivity (Wildman–Crippen MR) is 80.1 cm³/mol.